The summed E-state index contributed by atoms with van der Waals surface area (Å²) in [4.78, 5) is 11.2. The third kappa shape index (κ3) is 6.75. The third-order valence-corrected chi connectivity index (χ3v) is 7.08. The number of nitro groups is 1. The molecule has 5 nitrogen and oxygen atoms in total. The largest absolute Gasteiger partial charge is 0.508 e. The number of aromatic hydroxyl groups is 1. The summed E-state index contributed by atoms with van der Waals surface area (Å²) >= 11 is 0. The van der Waals surface area contributed by atoms with E-state index < -0.39 is 0 Å². The van der Waals surface area contributed by atoms with Gasteiger partial charge in [0.05, 0.1) is 4.92 Å². The zero-order valence-electron chi connectivity index (χ0n) is 22.4. The van der Waals surface area contributed by atoms with Crippen LogP contribution in [0.3, 0.4) is 0 Å². The summed E-state index contributed by atoms with van der Waals surface area (Å²) in [5, 5.41) is 21.2. The predicted octanol–water partition coefficient (Wildman–Crippen LogP) is 8.62. The van der Waals surface area contributed by atoms with Crippen molar-refractivity contribution < 1.29 is 14.8 Å². The van der Waals surface area contributed by atoms with Crippen molar-refractivity contribution in [2.75, 3.05) is 0 Å². The highest BCUT2D eigenvalue weighted by atomic mass is 16.6. The maximum atomic E-state index is 11.5. The van der Waals surface area contributed by atoms with Crippen molar-refractivity contribution in [3.05, 3.63) is 165 Å². The van der Waals surface area contributed by atoms with Gasteiger partial charge in [-0.05, 0) is 64.4 Å². The summed E-state index contributed by atoms with van der Waals surface area (Å²) in [6, 6.07) is 38.6. The van der Waals surface area contributed by atoms with Gasteiger partial charge in [0.25, 0.3) is 5.69 Å². The number of hydrogen-bond donors (Lipinski definition) is 1. The highest BCUT2D eigenvalue weighted by Crippen LogP contribution is 2.35. The number of phenolic OH excluding ortho intramolecular Hbond substituents is 1. The molecule has 0 amide bonds. The van der Waals surface area contributed by atoms with Gasteiger partial charge in [0.2, 0.25) is 0 Å². The van der Waals surface area contributed by atoms with E-state index in [1.807, 2.05) is 66.7 Å². The second kappa shape index (κ2) is 12.3. The number of nitrogens with zero attached hydrogens (tertiary/aromatic N) is 1. The predicted molar refractivity (Wildman–Crippen MR) is 158 cm³/mol. The van der Waals surface area contributed by atoms with Crippen LogP contribution < -0.4 is 4.74 Å². The molecule has 0 spiro atoms. The molecule has 0 aromatic heterocycles. The lowest BCUT2D eigenvalue weighted by molar-refractivity contribution is -0.384. The standard InChI is InChI=1S/C35H31NO4/c1-25(20-28-12-16-33(37)17-13-28)29-14-18-34(30(23-29)21-26-8-4-2-5-9-26)40-35-19-15-32(36(38)39)24-31(35)22-27-10-6-3-7-11-27/h2-19,23-25,37H,20-22H2,1H3. The molecule has 200 valence electrons. The van der Waals surface area contributed by atoms with Gasteiger partial charge in [0, 0.05) is 30.5 Å². The molecule has 0 saturated heterocycles. The number of rotatable bonds is 10. The number of phenols is 1. The van der Waals surface area contributed by atoms with Crippen molar-refractivity contribution in [2.45, 2.75) is 32.1 Å². The van der Waals surface area contributed by atoms with Crippen LogP contribution >= 0.6 is 0 Å². The van der Waals surface area contributed by atoms with Gasteiger partial charge in [-0.15, -0.1) is 0 Å². The first kappa shape index (κ1) is 26.7. The van der Waals surface area contributed by atoms with Crippen LogP contribution in [0.4, 0.5) is 5.69 Å². The monoisotopic (exact) mass is 529 g/mol. The molecule has 0 bridgehead atoms. The Hall–Kier alpha value is -4.90. The van der Waals surface area contributed by atoms with Crippen LogP contribution in [0.25, 0.3) is 0 Å². The van der Waals surface area contributed by atoms with Crippen molar-refractivity contribution in [1.82, 2.24) is 0 Å². The molecule has 5 aromatic rings. The van der Waals surface area contributed by atoms with E-state index in [1.165, 1.54) is 17.2 Å². The molecule has 5 aromatic carbocycles. The molecule has 0 radical (unpaired) electrons. The third-order valence-electron chi connectivity index (χ3n) is 7.08. The second-order valence-electron chi connectivity index (χ2n) is 10.1. The Morgan fingerprint density at radius 2 is 1.25 bits per heavy atom. The van der Waals surface area contributed by atoms with Gasteiger partial charge < -0.3 is 9.84 Å². The van der Waals surface area contributed by atoms with Crippen LogP contribution in [0, 0.1) is 10.1 Å². The summed E-state index contributed by atoms with van der Waals surface area (Å²) in [6.07, 6.45) is 2.05. The molecule has 0 aliphatic rings. The average Bonchev–Trinajstić information content (AvgIpc) is 2.97. The molecule has 0 fully saturated rings. The fourth-order valence-corrected chi connectivity index (χ4v) is 4.91. The molecule has 1 unspecified atom stereocenters. The van der Waals surface area contributed by atoms with E-state index in [-0.39, 0.29) is 22.3 Å². The first-order chi connectivity index (χ1) is 19.4. The van der Waals surface area contributed by atoms with E-state index in [9.17, 15) is 15.2 Å². The minimum atomic E-state index is -0.372. The zero-order valence-corrected chi connectivity index (χ0v) is 22.4. The molecule has 5 rings (SSSR count). The number of ether oxygens (including phenoxy) is 1. The molecule has 1 N–H and O–H groups in total. The molecule has 0 heterocycles. The Kier molecular flexibility index (Phi) is 8.21. The minimum Gasteiger partial charge on any atom is -0.508 e. The molecule has 0 aliphatic heterocycles. The van der Waals surface area contributed by atoms with Crippen LogP contribution in [0.2, 0.25) is 0 Å². The molecular weight excluding hydrogens is 498 g/mol. The van der Waals surface area contributed by atoms with Crippen LogP contribution in [0.5, 0.6) is 17.2 Å². The molecule has 0 saturated carbocycles. The molecular formula is C35H31NO4. The van der Waals surface area contributed by atoms with Crippen LogP contribution in [-0.4, -0.2) is 10.0 Å². The minimum absolute atomic E-state index is 0.0428. The molecule has 40 heavy (non-hydrogen) atoms. The Balaban J connectivity index is 1.48. The Morgan fingerprint density at radius 1 is 0.700 bits per heavy atom. The quantitative estimate of drug-likeness (QED) is 0.145. The van der Waals surface area contributed by atoms with Crippen LogP contribution in [-0.2, 0) is 19.3 Å². The number of non-ortho nitro benzene ring substituents is 1. The van der Waals surface area contributed by atoms with Gasteiger partial charge >= 0.3 is 0 Å². The zero-order chi connectivity index (χ0) is 27.9. The van der Waals surface area contributed by atoms with E-state index >= 15 is 0 Å². The lowest BCUT2D eigenvalue weighted by Crippen LogP contribution is -2.02. The fourth-order valence-electron chi connectivity index (χ4n) is 4.91. The highest BCUT2D eigenvalue weighted by Gasteiger charge is 2.17. The summed E-state index contributed by atoms with van der Waals surface area (Å²) in [5.74, 6) is 1.85. The lowest BCUT2D eigenvalue weighted by Gasteiger charge is -2.18. The summed E-state index contributed by atoms with van der Waals surface area (Å²) < 4.78 is 6.54. The first-order valence-corrected chi connectivity index (χ1v) is 13.4. The van der Waals surface area contributed by atoms with Gasteiger partial charge in [0.15, 0.2) is 0 Å². The van der Waals surface area contributed by atoms with E-state index in [4.69, 9.17) is 4.74 Å². The lowest BCUT2D eigenvalue weighted by atomic mass is 9.91. The maximum Gasteiger partial charge on any atom is 0.269 e. The second-order valence-corrected chi connectivity index (χ2v) is 10.1. The fraction of sp³-hybridized carbons (Fsp3) is 0.143. The van der Waals surface area contributed by atoms with Crippen molar-refractivity contribution in [3.8, 4) is 17.2 Å². The summed E-state index contributed by atoms with van der Waals surface area (Å²) in [5.41, 5.74) is 6.42. The number of benzene rings is 5. The van der Waals surface area contributed by atoms with Gasteiger partial charge in [-0.3, -0.25) is 10.1 Å². The maximum absolute atomic E-state index is 11.5. The van der Waals surface area contributed by atoms with Gasteiger partial charge in [-0.2, -0.15) is 0 Å². The normalized spacial score (nSPS) is 11.6. The van der Waals surface area contributed by atoms with Gasteiger partial charge in [0.1, 0.15) is 17.2 Å². The van der Waals surface area contributed by atoms with Crippen molar-refractivity contribution >= 4 is 5.69 Å². The molecule has 5 heteroatoms. The topological polar surface area (TPSA) is 72.6 Å². The number of hydrogen-bond acceptors (Lipinski definition) is 4. The van der Waals surface area contributed by atoms with E-state index in [0.717, 1.165) is 34.4 Å². The van der Waals surface area contributed by atoms with Crippen molar-refractivity contribution in [3.63, 3.8) is 0 Å². The smallest absolute Gasteiger partial charge is 0.269 e. The summed E-state index contributed by atoms with van der Waals surface area (Å²) in [6.45, 7) is 2.20. The van der Waals surface area contributed by atoms with Crippen molar-refractivity contribution in [1.29, 1.82) is 0 Å². The molecule has 1 atom stereocenters. The SMILES string of the molecule is CC(Cc1ccc(O)cc1)c1ccc(Oc2ccc([N+](=O)[O-])cc2Cc2ccccc2)c(Cc2ccccc2)c1. The number of nitro benzene ring substituents is 1. The molecule has 0 aliphatic carbocycles. The van der Waals surface area contributed by atoms with Crippen LogP contribution in [0.15, 0.2) is 121 Å². The van der Waals surface area contributed by atoms with Crippen molar-refractivity contribution in [2.24, 2.45) is 0 Å². The van der Waals surface area contributed by atoms with E-state index in [1.54, 1.807) is 24.3 Å². The van der Waals surface area contributed by atoms with E-state index in [2.05, 4.69) is 31.2 Å². The average molecular weight is 530 g/mol. The highest BCUT2D eigenvalue weighted by molar-refractivity contribution is 5.50. The Morgan fingerprint density at radius 3 is 1.82 bits per heavy atom. The first-order valence-electron chi connectivity index (χ1n) is 13.4. The Bertz CT molecular complexity index is 1580. The summed E-state index contributed by atoms with van der Waals surface area (Å²) in [7, 11) is 0. The van der Waals surface area contributed by atoms with Gasteiger partial charge in [-0.25, -0.2) is 0 Å². The van der Waals surface area contributed by atoms with E-state index in [0.29, 0.717) is 18.6 Å². The van der Waals surface area contributed by atoms with Crippen LogP contribution in [0.1, 0.15) is 46.2 Å². The Labute approximate surface area is 234 Å². The van der Waals surface area contributed by atoms with Gasteiger partial charge in [-0.1, -0.05) is 91.9 Å².